The Morgan fingerprint density at radius 3 is 2.33 bits per heavy atom. The van der Waals surface area contributed by atoms with Crippen molar-refractivity contribution < 1.29 is 0 Å². The van der Waals surface area contributed by atoms with Crippen LogP contribution in [0.25, 0.3) is 0 Å². The second-order valence-electron chi connectivity index (χ2n) is 7.38. The van der Waals surface area contributed by atoms with E-state index in [1.165, 1.54) is 22.4 Å². The lowest BCUT2D eigenvalue weighted by molar-refractivity contribution is 0.566. The van der Waals surface area contributed by atoms with E-state index in [1.54, 1.807) is 0 Å². The lowest BCUT2D eigenvalue weighted by Crippen LogP contribution is -2.29. The first-order chi connectivity index (χ1) is 12.9. The number of benzene rings is 1. The summed E-state index contributed by atoms with van der Waals surface area (Å²) in [5.41, 5.74) is 8.14. The molecule has 2 aromatic heterocycles. The van der Waals surface area contributed by atoms with Gasteiger partial charge in [0, 0.05) is 23.3 Å². The van der Waals surface area contributed by atoms with E-state index in [4.69, 9.17) is 12.2 Å². The van der Waals surface area contributed by atoms with Crippen LogP contribution < -0.4 is 10.2 Å². The van der Waals surface area contributed by atoms with Crippen molar-refractivity contribution in [2.75, 3.05) is 4.90 Å². The number of nitrogens with one attached hydrogen (secondary N) is 2. The molecule has 2 N–H and O–H groups in total. The Hall–Kier alpha value is -2.66. The van der Waals surface area contributed by atoms with Gasteiger partial charge in [-0.15, -0.1) is 0 Å². The summed E-state index contributed by atoms with van der Waals surface area (Å²) < 4.78 is 0. The fourth-order valence-corrected chi connectivity index (χ4v) is 4.44. The van der Waals surface area contributed by atoms with Gasteiger partial charge in [-0.3, -0.25) is 4.98 Å². The minimum atomic E-state index is -0.00609. The second kappa shape index (κ2) is 6.82. The number of pyridine rings is 1. The average molecular weight is 377 g/mol. The highest BCUT2D eigenvalue weighted by Gasteiger charge is 2.41. The van der Waals surface area contributed by atoms with Crippen LogP contribution in [0.3, 0.4) is 0 Å². The molecule has 1 aromatic carbocycles. The SMILES string of the molecule is Cc1cc(C)cc(N2C(=S)NC(c3ccccn3)C2c2cc(C)[nH]c2C)c1. The molecular formula is C22H24N4S. The minimum absolute atomic E-state index is 0.00609. The van der Waals surface area contributed by atoms with E-state index in [0.717, 1.165) is 22.2 Å². The predicted molar refractivity (Wildman–Crippen MR) is 114 cm³/mol. The van der Waals surface area contributed by atoms with E-state index < -0.39 is 0 Å². The van der Waals surface area contributed by atoms with E-state index in [0.29, 0.717) is 0 Å². The van der Waals surface area contributed by atoms with Crippen molar-refractivity contribution >= 4 is 23.0 Å². The Morgan fingerprint density at radius 2 is 1.74 bits per heavy atom. The third-order valence-corrected chi connectivity index (χ3v) is 5.41. The van der Waals surface area contributed by atoms with E-state index in [2.05, 4.69) is 78.2 Å². The average Bonchev–Trinajstić information content (AvgIpc) is 3.13. The zero-order chi connectivity index (χ0) is 19.1. The van der Waals surface area contributed by atoms with Gasteiger partial charge >= 0.3 is 0 Å². The number of H-pyrrole nitrogens is 1. The number of anilines is 1. The number of aromatic amines is 1. The second-order valence-corrected chi connectivity index (χ2v) is 7.76. The molecule has 3 heterocycles. The lowest BCUT2D eigenvalue weighted by Gasteiger charge is -2.28. The fraction of sp³-hybridized carbons (Fsp3) is 0.273. The first-order valence-electron chi connectivity index (χ1n) is 9.19. The topological polar surface area (TPSA) is 44.0 Å². The molecule has 138 valence electrons. The highest BCUT2D eigenvalue weighted by atomic mass is 32.1. The molecule has 0 saturated carbocycles. The van der Waals surface area contributed by atoms with Crippen LogP contribution in [0.5, 0.6) is 0 Å². The molecule has 4 nitrogen and oxygen atoms in total. The number of hydrogen-bond donors (Lipinski definition) is 2. The van der Waals surface area contributed by atoms with E-state index in [9.17, 15) is 0 Å². The van der Waals surface area contributed by atoms with Gasteiger partial charge < -0.3 is 15.2 Å². The van der Waals surface area contributed by atoms with Gasteiger partial charge in [0.25, 0.3) is 0 Å². The molecule has 0 spiro atoms. The monoisotopic (exact) mass is 376 g/mol. The summed E-state index contributed by atoms with van der Waals surface area (Å²) in [4.78, 5) is 10.3. The molecule has 1 fully saturated rings. The summed E-state index contributed by atoms with van der Waals surface area (Å²) in [5, 5.41) is 4.26. The summed E-state index contributed by atoms with van der Waals surface area (Å²) in [6.07, 6.45) is 1.84. The molecule has 1 saturated heterocycles. The molecule has 0 amide bonds. The smallest absolute Gasteiger partial charge is 0.174 e. The van der Waals surface area contributed by atoms with E-state index in [-0.39, 0.29) is 12.1 Å². The first kappa shape index (κ1) is 17.7. The molecule has 0 radical (unpaired) electrons. The van der Waals surface area contributed by atoms with Gasteiger partial charge in [-0.2, -0.15) is 0 Å². The van der Waals surface area contributed by atoms with E-state index in [1.807, 2.05) is 18.3 Å². The Kier molecular flexibility index (Phi) is 4.48. The van der Waals surface area contributed by atoms with Crippen molar-refractivity contribution in [2.24, 2.45) is 0 Å². The van der Waals surface area contributed by atoms with Crippen molar-refractivity contribution in [3.63, 3.8) is 0 Å². The van der Waals surface area contributed by atoms with Gasteiger partial charge in [0.1, 0.15) is 0 Å². The standard InChI is InChI=1S/C22H24N4S/c1-13-9-14(2)11-17(10-13)26-21(18-12-15(3)24-16(18)4)20(25-22(26)27)19-7-5-6-8-23-19/h5-12,20-21,24H,1-4H3,(H,25,27). The van der Waals surface area contributed by atoms with Crippen LogP contribution in [-0.4, -0.2) is 15.1 Å². The molecule has 1 aliphatic rings. The number of rotatable bonds is 3. The van der Waals surface area contributed by atoms with Crippen molar-refractivity contribution in [3.05, 3.63) is 82.4 Å². The normalized spacial score (nSPS) is 19.4. The van der Waals surface area contributed by atoms with Gasteiger partial charge in [-0.25, -0.2) is 0 Å². The third-order valence-electron chi connectivity index (χ3n) is 5.09. The number of aromatic nitrogens is 2. The molecule has 2 unspecified atom stereocenters. The number of thiocarbonyl (C=S) groups is 1. The van der Waals surface area contributed by atoms with Crippen molar-refractivity contribution in [3.8, 4) is 0 Å². The quantitative estimate of drug-likeness (QED) is 0.643. The zero-order valence-electron chi connectivity index (χ0n) is 16.1. The van der Waals surface area contributed by atoms with Crippen LogP contribution in [-0.2, 0) is 0 Å². The lowest BCUT2D eigenvalue weighted by atomic mass is 9.96. The van der Waals surface area contributed by atoms with E-state index >= 15 is 0 Å². The van der Waals surface area contributed by atoms with Crippen LogP contribution in [0.2, 0.25) is 0 Å². The molecule has 0 aliphatic carbocycles. The molecule has 1 aliphatic heterocycles. The summed E-state index contributed by atoms with van der Waals surface area (Å²) in [6.45, 7) is 8.47. The summed E-state index contributed by atoms with van der Waals surface area (Å²) in [5.74, 6) is 0. The van der Waals surface area contributed by atoms with Crippen LogP contribution in [0.1, 0.15) is 45.9 Å². The van der Waals surface area contributed by atoms with Gasteiger partial charge in [0.05, 0.1) is 17.8 Å². The highest BCUT2D eigenvalue weighted by molar-refractivity contribution is 7.80. The molecule has 0 bridgehead atoms. The maximum atomic E-state index is 5.79. The third kappa shape index (κ3) is 3.23. The molecular weight excluding hydrogens is 352 g/mol. The molecule has 3 aromatic rings. The summed E-state index contributed by atoms with van der Waals surface area (Å²) in [6, 6.07) is 14.9. The van der Waals surface area contributed by atoms with Gasteiger partial charge in [-0.1, -0.05) is 12.1 Å². The number of hydrogen-bond acceptors (Lipinski definition) is 2. The van der Waals surface area contributed by atoms with Crippen LogP contribution >= 0.6 is 12.2 Å². The first-order valence-corrected chi connectivity index (χ1v) is 9.60. The summed E-state index contributed by atoms with van der Waals surface area (Å²) >= 11 is 5.79. The van der Waals surface area contributed by atoms with Crippen LogP contribution in [0.4, 0.5) is 5.69 Å². The predicted octanol–water partition coefficient (Wildman–Crippen LogP) is 4.82. The van der Waals surface area contributed by atoms with Crippen molar-refractivity contribution in [2.45, 2.75) is 39.8 Å². The molecule has 5 heteroatoms. The highest BCUT2D eigenvalue weighted by Crippen LogP contribution is 2.43. The van der Waals surface area contributed by atoms with Crippen LogP contribution in [0, 0.1) is 27.7 Å². The molecule has 27 heavy (non-hydrogen) atoms. The Labute approximate surface area is 165 Å². The number of nitrogens with zero attached hydrogens (tertiary/aromatic N) is 2. The minimum Gasteiger partial charge on any atom is -0.362 e. The zero-order valence-corrected chi connectivity index (χ0v) is 16.9. The number of aryl methyl sites for hydroxylation is 4. The van der Waals surface area contributed by atoms with Crippen molar-refractivity contribution in [1.29, 1.82) is 0 Å². The molecule has 4 rings (SSSR count). The van der Waals surface area contributed by atoms with Crippen molar-refractivity contribution in [1.82, 2.24) is 15.3 Å². The maximum Gasteiger partial charge on any atom is 0.174 e. The molecule has 2 atom stereocenters. The van der Waals surface area contributed by atoms with Gasteiger partial charge in [0.2, 0.25) is 0 Å². The Morgan fingerprint density at radius 1 is 1.00 bits per heavy atom. The largest absolute Gasteiger partial charge is 0.362 e. The van der Waals surface area contributed by atoms with Gasteiger partial charge in [0.15, 0.2) is 5.11 Å². The van der Waals surface area contributed by atoms with Gasteiger partial charge in [-0.05, 0) is 86.9 Å². The Balaban J connectivity index is 1.88. The summed E-state index contributed by atoms with van der Waals surface area (Å²) in [7, 11) is 0. The maximum absolute atomic E-state index is 5.79. The Bertz CT molecular complexity index is 973. The van der Waals surface area contributed by atoms with Crippen LogP contribution in [0.15, 0.2) is 48.7 Å². The fourth-order valence-electron chi connectivity index (χ4n) is 4.09.